The topological polar surface area (TPSA) is 63.1 Å². The molecular weight excluding hydrogens is 460 g/mol. The third kappa shape index (κ3) is 4.40. The number of hydrogen-bond donors (Lipinski definition) is 1. The Morgan fingerprint density at radius 1 is 1.03 bits per heavy atom. The van der Waals surface area contributed by atoms with E-state index in [1.165, 1.54) is 24.3 Å². The number of amides is 1. The van der Waals surface area contributed by atoms with Crippen molar-refractivity contribution in [3.8, 4) is 11.3 Å². The van der Waals surface area contributed by atoms with Gasteiger partial charge in [-0.25, -0.2) is 13.8 Å². The van der Waals surface area contributed by atoms with Gasteiger partial charge in [0.25, 0.3) is 0 Å². The molecule has 0 aliphatic carbocycles. The van der Waals surface area contributed by atoms with Crippen molar-refractivity contribution in [3.63, 3.8) is 0 Å². The van der Waals surface area contributed by atoms with Gasteiger partial charge in [-0.1, -0.05) is 11.6 Å². The number of nitrogens with zero attached hydrogens (tertiary/aromatic N) is 4. The third-order valence-electron chi connectivity index (χ3n) is 5.42. The van der Waals surface area contributed by atoms with E-state index in [0.29, 0.717) is 28.6 Å². The van der Waals surface area contributed by atoms with Crippen molar-refractivity contribution >= 4 is 35.2 Å². The maximum Gasteiger partial charge on any atom is 0.231 e. The first kappa shape index (κ1) is 21.8. The summed E-state index contributed by atoms with van der Waals surface area (Å²) in [6.45, 7) is 0.241. The molecule has 1 N–H and O–H groups in total. The molecule has 2 aromatic carbocycles. The second-order valence-electron chi connectivity index (χ2n) is 7.71. The molecule has 34 heavy (non-hydrogen) atoms. The minimum absolute atomic E-state index is 0.0165. The monoisotopic (exact) mass is 477 g/mol. The predicted octanol–water partition coefficient (Wildman–Crippen LogP) is 5.63. The van der Waals surface area contributed by atoms with Gasteiger partial charge in [-0.15, -0.1) is 0 Å². The van der Waals surface area contributed by atoms with Crippen LogP contribution in [0.2, 0.25) is 5.02 Å². The summed E-state index contributed by atoms with van der Waals surface area (Å²) < 4.78 is 29.4. The zero-order valence-electron chi connectivity index (χ0n) is 17.8. The molecule has 3 heterocycles. The lowest BCUT2D eigenvalue weighted by atomic mass is 10.1. The second kappa shape index (κ2) is 9.07. The average Bonchev–Trinajstić information content (AvgIpc) is 3.20. The number of fused-ring (bicyclic) bond motifs is 1. The number of hydrogen-bond acceptors (Lipinski definition) is 4. The fourth-order valence-corrected chi connectivity index (χ4v) is 3.81. The predicted molar refractivity (Wildman–Crippen MR) is 126 cm³/mol. The van der Waals surface area contributed by atoms with Gasteiger partial charge < -0.3 is 10.2 Å². The number of imidazole rings is 1. The molecule has 0 radical (unpaired) electrons. The van der Waals surface area contributed by atoms with Gasteiger partial charge in [-0.3, -0.25) is 14.3 Å². The van der Waals surface area contributed by atoms with Crippen LogP contribution in [0, 0.1) is 11.6 Å². The highest BCUT2D eigenvalue weighted by molar-refractivity contribution is 6.30. The third-order valence-corrected chi connectivity index (χ3v) is 5.72. The lowest BCUT2D eigenvalue weighted by molar-refractivity contribution is -0.128. The molecule has 170 valence electrons. The van der Waals surface area contributed by atoms with Gasteiger partial charge in [0, 0.05) is 36.0 Å². The summed E-state index contributed by atoms with van der Waals surface area (Å²) in [5.74, 6) is 0.142. The van der Waals surface area contributed by atoms with Crippen LogP contribution in [0.25, 0.3) is 17.5 Å². The molecule has 0 bridgehead atoms. The summed E-state index contributed by atoms with van der Waals surface area (Å²) in [5.41, 5.74) is 2.54. The lowest BCUT2D eigenvalue weighted by Crippen LogP contribution is -2.30. The van der Waals surface area contributed by atoms with Crippen LogP contribution in [0.4, 0.5) is 20.3 Å². The number of rotatable bonds is 5. The number of carbonyl (C=O) groups excluding carboxylic acids is 1. The van der Waals surface area contributed by atoms with Crippen LogP contribution < -0.4 is 5.32 Å². The normalized spacial score (nSPS) is 12.5. The zero-order valence-corrected chi connectivity index (χ0v) is 18.5. The first-order valence-electron chi connectivity index (χ1n) is 10.4. The quantitative estimate of drug-likeness (QED) is 0.404. The van der Waals surface area contributed by atoms with Crippen LogP contribution in [-0.4, -0.2) is 25.3 Å². The summed E-state index contributed by atoms with van der Waals surface area (Å²) in [7, 11) is 0. The van der Waals surface area contributed by atoms with Crippen molar-refractivity contribution in [2.45, 2.75) is 13.0 Å². The molecule has 0 spiro atoms. The molecule has 0 saturated carbocycles. The molecule has 6 nitrogen and oxygen atoms in total. The van der Waals surface area contributed by atoms with E-state index in [-0.39, 0.29) is 29.7 Å². The number of nitrogens with one attached hydrogen (secondary N) is 1. The SMILES string of the molecule is O=C(Cc1ccncc1)N1C=Cn2c(nc(-c3ccc(F)cc3)c2Nc2ccc(Cl)c(F)c2)C1. The van der Waals surface area contributed by atoms with E-state index in [4.69, 9.17) is 16.6 Å². The van der Waals surface area contributed by atoms with Crippen LogP contribution in [0.15, 0.2) is 73.2 Å². The molecule has 1 aliphatic heterocycles. The second-order valence-corrected chi connectivity index (χ2v) is 8.12. The fourth-order valence-electron chi connectivity index (χ4n) is 3.69. The summed E-state index contributed by atoms with van der Waals surface area (Å²) >= 11 is 5.82. The molecule has 4 aromatic rings. The largest absolute Gasteiger partial charge is 0.339 e. The number of halogens is 3. The van der Waals surface area contributed by atoms with Crippen molar-refractivity contribution in [1.29, 1.82) is 0 Å². The molecule has 1 aliphatic rings. The highest BCUT2D eigenvalue weighted by atomic mass is 35.5. The lowest BCUT2D eigenvalue weighted by Gasteiger charge is -2.23. The summed E-state index contributed by atoms with van der Waals surface area (Å²) in [6.07, 6.45) is 6.92. The van der Waals surface area contributed by atoms with E-state index >= 15 is 0 Å². The molecule has 5 rings (SSSR count). The van der Waals surface area contributed by atoms with E-state index in [1.807, 2.05) is 0 Å². The van der Waals surface area contributed by atoms with E-state index in [2.05, 4.69) is 10.3 Å². The Morgan fingerprint density at radius 3 is 2.53 bits per heavy atom. The Morgan fingerprint density at radius 2 is 1.79 bits per heavy atom. The summed E-state index contributed by atoms with van der Waals surface area (Å²) in [5, 5.41) is 3.21. The fraction of sp³-hybridized carbons (Fsp3) is 0.0800. The van der Waals surface area contributed by atoms with Gasteiger partial charge in [-0.05, 0) is 60.2 Å². The van der Waals surface area contributed by atoms with Gasteiger partial charge >= 0.3 is 0 Å². The molecular formula is C25H18ClF2N5O. The number of anilines is 2. The van der Waals surface area contributed by atoms with Crippen LogP contribution >= 0.6 is 11.6 Å². The average molecular weight is 478 g/mol. The highest BCUT2D eigenvalue weighted by Gasteiger charge is 2.24. The van der Waals surface area contributed by atoms with Gasteiger partial charge in [0.2, 0.25) is 5.91 Å². The summed E-state index contributed by atoms with van der Waals surface area (Å²) in [4.78, 5) is 23.1. The number of benzene rings is 2. The van der Waals surface area contributed by atoms with Gasteiger partial charge in [0.15, 0.2) is 0 Å². The standard InChI is InChI=1S/C25H18ClF2N5O/c26-20-6-5-19(14-21(20)28)30-25-24(17-1-3-18(27)4-2-17)31-22-15-32(11-12-33(22)25)23(34)13-16-7-9-29-10-8-16/h1-12,14,30H,13,15H2. The summed E-state index contributed by atoms with van der Waals surface area (Å²) in [6, 6.07) is 13.9. The van der Waals surface area contributed by atoms with Crippen molar-refractivity contribution in [1.82, 2.24) is 19.4 Å². The van der Waals surface area contributed by atoms with E-state index in [0.717, 1.165) is 5.56 Å². The van der Waals surface area contributed by atoms with Crippen molar-refractivity contribution in [2.75, 3.05) is 5.32 Å². The minimum atomic E-state index is -0.559. The highest BCUT2D eigenvalue weighted by Crippen LogP contribution is 2.34. The number of aromatic nitrogens is 3. The maximum absolute atomic E-state index is 14.0. The Balaban J connectivity index is 1.49. The zero-order chi connectivity index (χ0) is 23.7. The Hall–Kier alpha value is -4.04. The van der Waals surface area contributed by atoms with Gasteiger partial charge in [0.1, 0.15) is 29.0 Å². The first-order valence-corrected chi connectivity index (χ1v) is 10.8. The molecule has 2 aromatic heterocycles. The molecule has 0 saturated heterocycles. The molecule has 0 unspecified atom stereocenters. The number of pyridine rings is 1. The first-order chi connectivity index (χ1) is 16.5. The van der Waals surface area contributed by atoms with Gasteiger partial charge in [0.05, 0.1) is 18.0 Å². The molecule has 0 fully saturated rings. The number of carbonyl (C=O) groups is 1. The van der Waals surface area contributed by atoms with Crippen LogP contribution in [-0.2, 0) is 17.8 Å². The van der Waals surface area contributed by atoms with Crippen LogP contribution in [0.3, 0.4) is 0 Å². The van der Waals surface area contributed by atoms with Crippen molar-refractivity contribution in [2.24, 2.45) is 0 Å². The van der Waals surface area contributed by atoms with Crippen LogP contribution in [0.1, 0.15) is 11.4 Å². The smallest absolute Gasteiger partial charge is 0.231 e. The Kier molecular flexibility index (Phi) is 5.81. The van der Waals surface area contributed by atoms with E-state index < -0.39 is 5.82 Å². The minimum Gasteiger partial charge on any atom is -0.339 e. The van der Waals surface area contributed by atoms with Crippen molar-refractivity contribution < 1.29 is 13.6 Å². The maximum atomic E-state index is 14.0. The van der Waals surface area contributed by atoms with E-state index in [1.54, 1.807) is 64.6 Å². The Bertz CT molecular complexity index is 1390. The molecule has 1 amide bonds. The van der Waals surface area contributed by atoms with Gasteiger partial charge in [-0.2, -0.15) is 0 Å². The molecule has 0 atom stereocenters. The van der Waals surface area contributed by atoms with Crippen molar-refractivity contribution in [3.05, 3.63) is 101 Å². The Labute approximate surface area is 199 Å². The molecule has 9 heteroatoms. The van der Waals surface area contributed by atoms with E-state index in [9.17, 15) is 13.6 Å². The van der Waals surface area contributed by atoms with Crippen LogP contribution in [0.5, 0.6) is 0 Å².